The topological polar surface area (TPSA) is 44.8 Å². The number of methoxy groups -OCH3 is 1. The fourth-order valence-electron chi connectivity index (χ4n) is 3.42. The molecule has 2 aliphatic rings. The van der Waals surface area contributed by atoms with Gasteiger partial charge in [0.15, 0.2) is 0 Å². The zero-order valence-electron chi connectivity index (χ0n) is 13.3. The molecule has 0 bridgehead atoms. The molecule has 1 saturated carbocycles. The van der Waals surface area contributed by atoms with Crippen molar-refractivity contribution < 1.29 is 18.3 Å². The standard InChI is InChI=1S/C15H27F2N3O2/c1-22-9-8-20(11-14(16)17)15(21)18-12-6-7-19(10-12)13-4-2-3-5-13/h12-14H,2-11H2,1H3,(H,18,21)/t12-/m1/s1. The van der Waals surface area contributed by atoms with E-state index in [-0.39, 0.29) is 19.2 Å². The number of carbonyl (C=O) groups excluding carboxylic acids is 1. The summed E-state index contributed by atoms with van der Waals surface area (Å²) in [5.74, 6) is 0. The van der Waals surface area contributed by atoms with E-state index in [1.807, 2.05) is 0 Å². The monoisotopic (exact) mass is 319 g/mol. The van der Waals surface area contributed by atoms with Gasteiger partial charge >= 0.3 is 6.03 Å². The molecule has 22 heavy (non-hydrogen) atoms. The summed E-state index contributed by atoms with van der Waals surface area (Å²) >= 11 is 0. The number of ether oxygens (including phenoxy) is 1. The van der Waals surface area contributed by atoms with Crippen LogP contribution in [-0.4, -0.2) is 74.2 Å². The number of amides is 2. The van der Waals surface area contributed by atoms with Crippen molar-refractivity contribution in [1.82, 2.24) is 15.1 Å². The molecule has 1 N–H and O–H groups in total. The summed E-state index contributed by atoms with van der Waals surface area (Å²) in [7, 11) is 1.49. The highest BCUT2D eigenvalue weighted by molar-refractivity contribution is 5.74. The number of alkyl halides is 2. The van der Waals surface area contributed by atoms with Crippen molar-refractivity contribution in [2.45, 2.75) is 50.6 Å². The molecular formula is C15H27F2N3O2. The second-order valence-corrected chi connectivity index (χ2v) is 6.20. The van der Waals surface area contributed by atoms with Gasteiger partial charge in [0.2, 0.25) is 0 Å². The Hall–Kier alpha value is -0.950. The van der Waals surface area contributed by atoms with Crippen molar-refractivity contribution >= 4 is 6.03 Å². The summed E-state index contributed by atoms with van der Waals surface area (Å²) in [5, 5.41) is 2.90. The molecule has 0 spiro atoms. The first kappa shape index (κ1) is 17.4. The van der Waals surface area contributed by atoms with E-state index in [1.165, 1.54) is 32.8 Å². The predicted molar refractivity (Wildman–Crippen MR) is 80.2 cm³/mol. The molecule has 0 aromatic heterocycles. The molecule has 1 atom stereocenters. The number of hydrogen-bond acceptors (Lipinski definition) is 3. The Kier molecular flexibility index (Phi) is 6.82. The van der Waals surface area contributed by atoms with Gasteiger partial charge in [-0.2, -0.15) is 0 Å². The average molecular weight is 319 g/mol. The van der Waals surface area contributed by atoms with Gasteiger partial charge in [-0.3, -0.25) is 4.90 Å². The molecule has 0 unspecified atom stereocenters. The maximum Gasteiger partial charge on any atom is 0.317 e. The smallest absolute Gasteiger partial charge is 0.317 e. The van der Waals surface area contributed by atoms with E-state index < -0.39 is 19.0 Å². The zero-order valence-corrected chi connectivity index (χ0v) is 13.3. The van der Waals surface area contributed by atoms with Crippen molar-refractivity contribution in [2.24, 2.45) is 0 Å². The van der Waals surface area contributed by atoms with E-state index in [1.54, 1.807) is 0 Å². The molecule has 5 nitrogen and oxygen atoms in total. The summed E-state index contributed by atoms with van der Waals surface area (Å²) in [4.78, 5) is 15.8. The first-order valence-corrected chi connectivity index (χ1v) is 8.16. The maximum absolute atomic E-state index is 12.6. The highest BCUT2D eigenvalue weighted by Gasteiger charge is 2.31. The van der Waals surface area contributed by atoms with E-state index in [2.05, 4.69) is 10.2 Å². The Morgan fingerprint density at radius 1 is 1.36 bits per heavy atom. The lowest BCUT2D eigenvalue weighted by Crippen LogP contribution is -2.48. The molecule has 7 heteroatoms. The van der Waals surface area contributed by atoms with E-state index in [9.17, 15) is 13.6 Å². The molecule has 1 saturated heterocycles. The van der Waals surface area contributed by atoms with Crippen LogP contribution in [-0.2, 0) is 4.74 Å². The number of rotatable bonds is 7. The van der Waals surface area contributed by atoms with Gasteiger partial charge in [-0.25, -0.2) is 13.6 Å². The van der Waals surface area contributed by atoms with Crippen LogP contribution in [0, 0.1) is 0 Å². The fourth-order valence-corrected chi connectivity index (χ4v) is 3.42. The van der Waals surface area contributed by atoms with Gasteiger partial charge in [0.25, 0.3) is 6.43 Å². The minimum Gasteiger partial charge on any atom is -0.383 e. The van der Waals surface area contributed by atoms with Crippen molar-refractivity contribution in [1.29, 1.82) is 0 Å². The quantitative estimate of drug-likeness (QED) is 0.780. The molecule has 2 fully saturated rings. The van der Waals surface area contributed by atoms with Crippen LogP contribution in [0.2, 0.25) is 0 Å². The lowest BCUT2D eigenvalue weighted by Gasteiger charge is -2.26. The van der Waals surface area contributed by atoms with Gasteiger partial charge in [-0.1, -0.05) is 12.8 Å². The number of nitrogens with zero attached hydrogens (tertiary/aromatic N) is 2. The number of likely N-dealkylation sites (tertiary alicyclic amines) is 1. The van der Waals surface area contributed by atoms with E-state index in [0.717, 1.165) is 24.4 Å². The van der Waals surface area contributed by atoms with Crippen LogP contribution in [0.3, 0.4) is 0 Å². The number of hydrogen-bond donors (Lipinski definition) is 1. The third-order valence-electron chi connectivity index (χ3n) is 4.60. The van der Waals surface area contributed by atoms with Crippen LogP contribution in [0.25, 0.3) is 0 Å². The largest absolute Gasteiger partial charge is 0.383 e. The first-order valence-electron chi connectivity index (χ1n) is 8.16. The van der Waals surface area contributed by atoms with Crippen molar-refractivity contribution in [3.05, 3.63) is 0 Å². The number of carbonyl (C=O) groups is 1. The Bertz CT molecular complexity index is 352. The molecule has 0 radical (unpaired) electrons. The highest BCUT2D eigenvalue weighted by atomic mass is 19.3. The molecule has 2 amide bonds. The van der Waals surface area contributed by atoms with Crippen LogP contribution in [0.1, 0.15) is 32.1 Å². The molecule has 1 aliphatic heterocycles. The SMILES string of the molecule is COCCN(CC(F)F)C(=O)N[C@@H]1CCN(C2CCCC2)C1. The van der Waals surface area contributed by atoms with Crippen LogP contribution in [0.5, 0.6) is 0 Å². The van der Waals surface area contributed by atoms with Crippen molar-refractivity contribution in [3.63, 3.8) is 0 Å². The van der Waals surface area contributed by atoms with Crippen LogP contribution in [0.4, 0.5) is 13.6 Å². The normalized spacial score (nSPS) is 23.4. The minimum absolute atomic E-state index is 0.0656. The first-order chi connectivity index (χ1) is 10.6. The van der Waals surface area contributed by atoms with E-state index in [0.29, 0.717) is 6.04 Å². The van der Waals surface area contributed by atoms with Gasteiger partial charge in [0.1, 0.15) is 0 Å². The molecule has 0 aromatic carbocycles. The van der Waals surface area contributed by atoms with E-state index in [4.69, 9.17) is 4.74 Å². The molecule has 0 aromatic rings. The zero-order chi connectivity index (χ0) is 15.9. The second-order valence-electron chi connectivity index (χ2n) is 6.20. The number of nitrogens with one attached hydrogen (secondary N) is 1. The lowest BCUT2D eigenvalue weighted by atomic mass is 10.2. The molecule has 2 rings (SSSR count). The Labute approximate surface area is 131 Å². The summed E-state index contributed by atoms with van der Waals surface area (Å²) in [6.07, 6.45) is 3.43. The number of halogens is 2. The van der Waals surface area contributed by atoms with Gasteiger partial charge in [-0.15, -0.1) is 0 Å². The summed E-state index contributed by atoms with van der Waals surface area (Å²) in [6, 6.07) is 0.305. The van der Waals surface area contributed by atoms with Crippen LogP contribution < -0.4 is 5.32 Å². The molecule has 1 aliphatic carbocycles. The maximum atomic E-state index is 12.6. The highest BCUT2D eigenvalue weighted by Crippen LogP contribution is 2.26. The summed E-state index contributed by atoms with van der Waals surface area (Å²) < 4.78 is 30.0. The third kappa shape index (κ3) is 5.05. The Morgan fingerprint density at radius 2 is 2.09 bits per heavy atom. The van der Waals surface area contributed by atoms with Gasteiger partial charge in [0, 0.05) is 38.8 Å². The fraction of sp³-hybridized carbons (Fsp3) is 0.933. The summed E-state index contributed by atoms with van der Waals surface area (Å²) in [6.45, 7) is 1.73. The minimum atomic E-state index is -2.53. The predicted octanol–water partition coefficient (Wildman–Crippen LogP) is 1.93. The van der Waals surface area contributed by atoms with E-state index >= 15 is 0 Å². The van der Waals surface area contributed by atoms with Crippen LogP contribution >= 0.6 is 0 Å². The summed E-state index contributed by atoms with van der Waals surface area (Å²) in [5.41, 5.74) is 0. The molecular weight excluding hydrogens is 292 g/mol. The van der Waals surface area contributed by atoms with Gasteiger partial charge < -0.3 is 15.0 Å². The number of urea groups is 1. The Morgan fingerprint density at radius 3 is 2.73 bits per heavy atom. The van der Waals surface area contributed by atoms with Gasteiger partial charge in [-0.05, 0) is 19.3 Å². The Balaban J connectivity index is 1.79. The van der Waals surface area contributed by atoms with Crippen molar-refractivity contribution in [2.75, 3.05) is 39.9 Å². The third-order valence-corrected chi connectivity index (χ3v) is 4.60. The average Bonchev–Trinajstić information content (AvgIpc) is 3.13. The molecule has 1 heterocycles. The van der Waals surface area contributed by atoms with Crippen molar-refractivity contribution in [3.8, 4) is 0 Å². The lowest BCUT2D eigenvalue weighted by molar-refractivity contribution is 0.0826. The van der Waals surface area contributed by atoms with Gasteiger partial charge in [0.05, 0.1) is 13.2 Å². The second kappa shape index (κ2) is 8.62. The van der Waals surface area contributed by atoms with Crippen LogP contribution in [0.15, 0.2) is 0 Å². The molecule has 128 valence electrons.